The Morgan fingerprint density at radius 1 is 1.36 bits per heavy atom. The summed E-state index contributed by atoms with van der Waals surface area (Å²) < 4.78 is 25.3. The lowest BCUT2D eigenvalue weighted by Crippen LogP contribution is -2.42. The van der Waals surface area contributed by atoms with Gasteiger partial charge >= 0.3 is 0 Å². The molecule has 0 saturated heterocycles. The van der Waals surface area contributed by atoms with Gasteiger partial charge in [0.05, 0.1) is 6.61 Å². The van der Waals surface area contributed by atoms with Crippen LogP contribution in [0, 0.1) is 11.6 Å². The molecule has 4 heteroatoms. The van der Waals surface area contributed by atoms with Gasteiger partial charge < -0.3 is 10.8 Å². The minimum absolute atomic E-state index is 0.202. The summed E-state index contributed by atoms with van der Waals surface area (Å²) in [4.78, 5) is 0. The summed E-state index contributed by atoms with van der Waals surface area (Å²) in [5.41, 5.74) is 5.44. The largest absolute Gasteiger partial charge is 0.394 e. The van der Waals surface area contributed by atoms with Gasteiger partial charge in [0.2, 0.25) is 0 Å². The fraction of sp³-hybridized carbons (Fsp3) is 0.400. The Balaban J connectivity index is 2.83. The van der Waals surface area contributed by atoms with Gasteiger partial charge in [-0.15, -0.1) is 0 Å². The first-order valence-corrected chi connectivity index (χ1v) is 4.28. The summed E-state index contributed by atoms with van der Waals surface area (Å²) in [5, 5.41) is 8.89. The van der Waals surface area contributed by atoms with E-state index in [1.165, 1.54) is 6.07 Å². The van der Waals surface area contributed by atoms with Gasteiger partial charge in [0.25, 0.3) is 0 Å². The van der Waals surface area contributed by atoms with Crippen molar-refractivity contribution in [2.45, 2.75) is 18.9 Å². The molecule has 3 N–H and O–H groups in total. The molecule has 14 heavy (non-hydrogen) atoms. The van der Waals surface area contributed by atoms with Gasteiger partial charge in [0.15, 0.2) is 11.6 Å². The zero-order chi connectivity index (χ0) is 10.8. The maximum atomic E-state index is 12.8. The molecule has 0 fully saturated rings. The summed E-state index contributed by atoms with van der Waals surface area (Å²) in [5.74, 6) is -1.77. The molecule has 1 aromatic rings. The number of halogens is 2. The monoisotopic (exact) mass is 201 g/mol. The Bertz CT molecular complexity index is 326. The number of aliphatic hydroxyl groups is 1. The van der Waals surface area contributed by atoms with Crippen molar-refractivity contribution in [1.29, 1.82) is 0 Å². The molecule has 78 valence electrons. The van der Waals surface area contributed by atoms with Crippen LogP contribution in [0.2, 0.25) is 0 Å². The molecule has 2 nitrogen and oxygen atoms in total. The molecule has 1 aromatic carbocycles. The lowest BCUT2D eigenvalue weighted by atomic mass is 9.95. The third kappa shape index (κ3) is 2.75. The topological polar surface area (TPSA) is 46.2 Å². The number of aliphatic hydroxyl groups excluding tert-OH is 1. The molecule has 0 bridgehead atoms. The minimum Gasteiger partial charge on any atom is -0.394 e. The van der Waals surface area contributed by atoms with Crippen molar-refractivity contribution in [3.63, 3.8) is 0 Å². The van der Waals surface area contributed by atoms with Gasteiger partial charge in [-0.25, -0.2) is 8.78 Å². The normalized spacial score (nSPS) is 15.2. The van der Waals surface area contributed by atoms with E-state index in [-0.39, 0.29) is 6.61 Å². The van der Waals surface area contributed by atoms with Crippen molar-refractivity contribution in [3.05, 3.63) is 35.4 Å². The molecule has 1 atom stereocenters. The van der Waals surface area contributed by atoms with Gasteiger partial charge in [-0.1, -0.05) is 6.07 Å². The van der Waals surface area contributed by atoms with Gasteiger partial charge in [-0.05, 0) is 31.0 Å². The second-order valence-electron chi connectivity index (χ2n) is 3.74. The molecule has 0 aliphatic carbocycles. The fourth-order valence-electron chi connectivity index (χ4n) is 1.17. The summed E-state index contributed by atoms with van der Waals surface area (Å²) in [6.45, 7) is 1.44. The Kier molecular flexibility index (Phi) is 3.18. The summed E-state index contributed by atoms with van der Waals surface area (Å²) in [6.07, 6.45) is 0.306. The zero-order valence-electron chi connectivity index (χ0n) is 7.93. The molecule has 0 amide bonds. The van der Waals surface area contributed by atoms with Crippen LogP contribution < -0.4 is 5.73 Å². The van der Waals surface area contributed by atoms with Gasteiger partial charge in [0, 0.05) is 5.54 Å². The van der Waals surface area contributed by atoms with E-state index in [0.717, 1.165) is 12.1 Å². The first kappa shape index (κ1) is 11.1. The minimum atomic E-state index is -0.892. The Labute approximate surface area is 81.4 Å². The van der Waals surface area contributed by atoms with Crippen molar-refractivity contribution >= 4 is 0 Å². The first-order chi connectivity index (χ1) is 6.44. The summed E-state index contributed by atoms with van der Waals surface area (Å²) >= 11 is 0. The van der Waals surface area contributed by atoms with Crippen LogP contribution >= 0.6 is 0 Å². The van der Waals surface area contributed by atoms with Crippen molar-refractivity contribution in [1.82, 2.24) is 0 Å². The lowest BCUT2D eigenvalue weighted by Gasteiger charge is -2.21. The lowest BCUT2D eigenvalue weighted by molar-refractivity contribution is 0.208. The van der Waals surface area contributed by atoms with E-state index in [2.05, 4.69) is 0 Å². The van der Waals surface area contributed by atoms with Gasteiger partial charge in [-0.2, -0.15) is 0 Å². The van der Waals surface area contributed by atoms with Crippen LogP contribution in [-0.2, 0) is 6.42 Å². The van der Waals surface area contributed by atoms with Crippen molar-refractivity contribution < 1.29 is 13.9 Å². The molecule has 0 aromatic heterocycles. The highest BCUT2D eigenvalue weighted by atomic mass is 19.2. The maximum Gasteiger partial charge on any atom is 0.159 e. The Morgan fingerprint density at radius 2 is 2.00 bits per heavy atom. The van der Waals surface area contributed by atoms with Crippen LogP contribution in [0.5, 0.6) is 0 Å². The van der Waals surface area contributed by atoms with E-state index in [1.807, 2.05) is 0 Å². The quantitative estimate of drug-likeness (QED) is 0.772. The van der Waals surface area contributed by atoms with E-state index in [1.54, 1.807) is 6.92 Å². The van der Waals surface area contributed by atoms with E-state index in [4.69, 9.17) is 10.8 Å². The van der Waals surface area contributed by atoms with E-state index < -0.39 is 17.2 Å². The number of hydrogen-bond acceptors (Lipinski definition) is 2. The SMILES string of the molecule is CC(N)(CO)Cc1ccc(F)c(F)c1. The van der Waals surface area contributed by atoms with Crippen LogP contribution in [0.4, 0.5) is 8.78 Å². The third-order valence-electron chi connectivity index (χ3n) is 1.95. The van der Waals surface area contributed by atoms with Crippen LogP contribution in [0.25, 0.3) is 0 Å². The van der Waals surface area contributed by atoms with E-state index >= 15 is 0 Å². The van der Waals surface area contributed by atoms with Crippen molar-refractivity contribution in [2.24, 2.45) is 5.73 Å². The number of benzene rings is 1. The van der Waals surface area contributed by atoms with Crippen LogP contribution in [0.1, 0.15) is 12.5 Å². The Hall–Kier alpha value is -1.00. The molecule has 0 aliphatic rings. The molecule has 0 radical (unpaired) electrons. The van der Waals surface area contributed by atoms with Crippen molar-refractivity contribution in [3.8, 4) is 0 Å². The zero-order valence-corrected chi connectivity index (χ0v) is 7.93. The highest BCUT2D eigenvalue weighted by Gasteiger charge is 2.18. The highest BCUT2D eigenvalue weighted by Crippen LogP contribution is 2.13. The Morgan fingerprint density at radius 3 is 2.50 bits per heavy atom. The first-order valence-electron chi connectivity index (χ1n) is 4.28. The smallest absolute Gasteiger partial charge is 0.159 e. The molecule has 0 aliphatic heterocycles. The number of nitrogens with two attached hydrogens (primary N) is 1. The van der Waals surface area contributed by atoms with Gasteiger partial charge in [-0.3, -0.25) is 0 Å². The average molecular weight is 201 g/mol. The second kappa shape index (κ2) is 4.02. The highest BCUT2D eigenvalue weighted by molar-refractivity contribution is 5.19. The predicted molar refractivity (Wildman–Crippen MR) is 49.7 cm³/mol. The van der Waals surface area contributed by atoms with Crippen LogP contribution in [0.15, 0.2) is 18.2 Å². The van der Waals surface area contributed by atoms with Crippen LogP contribution in [0.3, 0.4) is 0 Å². The number of rotatable bonds is 3. The average Bonchev–Trinajstić information content (AvgIpc) is 2.11. The van der Waals surface area contributed by atoms with Gasteiger partial charge in [0.1, 0.15) is 0 Å². The fourth-order valence-corrected chi connectivity index (χ4v) is 1.17. The standard InChI is InChI=1S/C10H13F2NO/c1-10(13,6-14)5-7-2-3-8(11)9(12)4-7/h2-4,14H,5-6,13H2,1H3. The summed E-state index contributed by atoms with van der Waals surface area (Å²) in [7, 11) is 0. The molecule has 1 rings (SSSR count). The third-order valence-corrected chi connectivity index (χ3v) is 1.95. The summed E-state index contributed by atoms with van der Waals surface area (Å²) in [6, 6.07) is 3.60. The van der Waals surface area contributed by atoms with Crippen molar-refractivity contribution in [2.75, 3.05) is 6.61 Å². The molecular weight excluding hydrogens is 188 g/mol. The maximum absolute atomic E-state index is 12.8. The van der Waals surface area contributed by atoms with E-state index in [9.17, 15) is 8.78 Å². The molecule has 1 unspecified atom stereocenters. The van der Waals surface area contributed by atoms with E-state index in [0.29, 0.717) is 12.0 Å². The molecular formula is C10H13F2NO. The molecule has 0 spiro atoms. The molecule has 0 heterocycles. The number of hydrogen-bond donors (Lipinski definition) is 2. The predicted octanol–water partition coefficient (Wildman–Crippen LogP) is 1.22. The second-order valence-corrected chi connectivity index (χ2v) is 3.74. The van der Waals surface area contributed by atoms with Crippen LogP contribution in [-0.4, -0.2) is 17.3 Å². The molecule has 0 saturated carbocycles.